The highest BCUT2D eigenvalue weighted by Crippen LogP contribution is 2.24. The number of likely N-dealkylation sites (N-methyl/N-ethyl adjacent to an activating group) is 2. The molecule has 88 valence electrons. The van der Waals surface area contributed by atoms with Crippen LogP contribution in [-0.2, 0) is 4.79 Å². The molecule has 0 aromatic carbocycles. The van der Waals surface area contributed by atoms with E-state index in [1.807, 2.05) is 23.9 Å². The molecule has 1 heterocycles. The molecule has 1 aliphatic rings. The van der Waals surface area contributed by atoms with Gasteiger partial charge < -0.3 is 10.0 Å². The van der Waals surface area contributed by atoms with Crippen LogP contribution in [0.1, 0.15) is 26.7 Å². The minimum Gasteiger partial charge on any atom is -0.396 e. The molecule has 4 nitrogen and oxygen atoms in total. The van der Waals surface area contributed by atoms with Gasteiger partial charge in [0.1, 0.15) is 0 Å². The van der Waals surface area contributed by atoms with Gasteiger partial charge in [0.25, 0.3) is 0 Å². The highest BCUT2D eigenvalue weighted by atomic mass is 16.3. The van der Waals surface area contributed by atoms with Gasteiger partial charge in [-0.3, -0.25) is 9.69 Å². The van der Waals surface area contributed by atoms with Gasteiger partial charge in [0.2, 0.25) is 5.91 Å². The Kier molecular flexibility index (Phi) is 3.73. The normalized spacial score (nSPS) is 27.9. The van der Waals surface area contributed by atoms with Crippen LogP contribution < -0.4 is 0 Å². The first-order valence-corrected chi connectivity index (χ1v) is 5.49. The lowest BCUT2D eigenvalue weighted by Crippen LogP contribution is -2.49. The first-order valence-electron chi connectivity index (χ1n) is 5.49. The zero-order valence-electron chi connectivity index (χ0n) is 10.2. The molecule has 4 heteroatoms. The monoisotopic (exact) mass is 214 g/mol. The molecular weight excluding hydrogens is 192 g/mol. The Balaban J connectivity index is 2.87. The molecule has 1 N–H and O–H groups in total. The van der Waals surface area contributed by atoms with Crippen molar-refractivity contribution >= 4 is 5.91 Å². The van der Waals surface area contributed by atoms with E-state index in [0.29, 0.717) is 6.42 Å². The topological polar surface area (TPSA) is 43.8 Å². The Morgan fingerprint density at radius 2 is 2.07 bits per heavy atom. The van der Waals surface area contributed by atoms with Crippen LogP contribution >= 0.6 is 0 Å². The third kappa shape index (κ3) is 2.49. The number of nitrogens with zero attached hydrogens (tertiary/aromatic N) is 2. The highest BCUT2D eigenvalue weighted by molar-refractivity contribution is 5.82. The summed E-state index contributed by atoms with van der Waals surface area (Å²) in [6.45, 7) is 5.13. The predicted octanol–water partition coefficient (Wildman–Crippen LogP) is 0.310. The molecule has 1 amide bonds. The van der Waals surface area contributed by atoms with Crippen LogP contribution in [0.3, 0.4) is 0 Å². The second-order valence-corrected chi connectivity index (χ2v) is 4.97. The summed E-state index contributed by atoms with van der Waals surface area (Å²) in [4.78, 5) is 16.0. The smallest absolute Gasteiger partial charge is 0.240 e. The Hall–Kier alpha value is -0.610. The molecule has 0 spiro atoms. The van der Waals surface area contributed by atoms with E-state index in [1.165, 1.54) is 0 Å². The van der Waals surface area contributed by atoms with Crippen LogP contribution in [0.15, 0.2) is 0 Å². The first-order chi connectivity index (χ1) is 6.90. The van der Waals surface area contributed by atoms with E-state index in [-0.39, 0.29) is 24.1 Å². The molecule has 0 aromatic rings. The summed E-state index contributed by atoms with van der Waals surface area (Å²) in [5.74, 6) is 0.119. The number of carbonyl (C=O) groups is 1. The minimum absolute atomic E-state index is 0.0645. The van der Waals surface area contributed by atoms with Crippen molar-refractivity contribution in [3.8, 4) is 0 Å². The van der Waals surface area contributed by atoms with Gasteiger partial charge >= 0.3 is 0 Å². The number of carbonyl (C=O) groups excluding carboxylic acids is 1. The standard InChI is InChI=1S/C11H22N2O2/c1-11(2)6-7-12(3)9(5-8-14)10(15)13(11)4/h9,14H,5-8H2,1-4H3. The lowest BCUT2D eigenvalue weighted by Gasteiger charge is -2.34. The summed E-state index contributed by atoms with van der Waals surface area (Å²) in [5, 5.41) is 8.96. The van der Waals surface area contributed by atoms with E-state index in [9.17, 15) is 4.79 Å². The van der Waals surface area contributed by atoms with E-state index >= 15 is 0 Å². The van der Waals surface area contributed by atoms with E-state index in [0.717, 1.165) is 13.0 Å². The SMILES string of the molecule is CN1CCC(C)(C)N(C)C(=O)C1CCO. The molecule has 0 saturated carbocycles. The van der Waals surface area contributed by atoms with Gasteiger partial charge in [-0.25, -0.2) is 0 Å². The summed E-state index contributed by atoms with van der Waals surface area (Å²) in [6.07, 6.45) is 1.49. The molecule has 15 heavy (non-hydrogen) atoms. The summed E-state index contributed by atoms with van der Waals surface area (Å²) < 4.78 is 0. The van der Waals surface area contributed by atoms with Gasteiger partial charge in [-0.05, 0) is 33.7 Å². The summed E-state index contributed by atoms with van der Waals surface area (Å²) >= 11 is 0. The molecule has 1 saturated heterocycles. The van der Waals surface area contributed by atoms with Crippen LogP contribution in [0.4, 0.5) is 0 Å². The zero-order valence-corrected chi connectivity index (χ0v) is 10.2. The van der Waals surface area contributed by atoms with Crippen LogP contribution in [0.2, 0.25) is 0 Å². The Bertz CT molecular complexity index is 241. The van der Waals surface area contributed by atoms with Gasteiger partial charge in [0, 0.05) is 25.7 Å². The lowest BCUT2D eigenvalue weighted by molar-refractivity contribution is -0.138. The lowest BCUT2D eigenvalue weighted by atomic mass is 9.99. The maximum absolute atomic E-state index is 12.1. The molecule has 1 rings (SSSR count). The van der Waals surface area contributed by atoms with Gasteiger partial charge in [-0.2, -0.15) is 0 Å². The molecule has 1 unspecified atom stereocenters. The molecule has 0 radical (unpaired) electrons. The third-order valence-electron chi connectivity index (χ3n) is 3.53. The van der Waals surface area contributed by atoms with Gasteiger partial charge in [-0.1, -0.05) is 0 Å². The quantitative estimate of drug-likeness (QED) is 0.719. The predicted molar refractivity (Wildman–Crippen MR) is 59.6 cm³/mol. The molecule has 1 atom stereocenters. The Labute approximate surface area is 91.9 Å². The van der Waals surface area contributed by atoms with Gasteiger partial charge in [0.05, 0.1) is 6.04 Å². The Morgan fingerprint density at radius 3 is 2.60 bits per heavy atom. The summed E-state index contributed by atoms with van der Waals surface area (Å²) in [5.41, 5.74) is -0.0877. The molecular formula is C11H22N2O2. The van der Waals surface area contributed by atoms with Crippen molar-refractivity contribution in [1.29, 1.82) is 0 Å². The van der Waals surface area contributed by atoms with E-state index < -0.39 is 0 Å². The number of aliphatic hydroxyl groups excluding tert-OH is 1. The number of amides is 1. The van der Waals surface area contributed by atoms with Crippen molar-refractivity contribution in [2.45, 2.75) is 38.3 Å². The van der Waals surface area contributed by atoms with Gasteiger partial charge in [-0.15, -0.1) is 0 Å². The zero-order chi connectivity index (χ0) is 11.6. The molecule has 0 aromatic heterocycles. The van der Waals surface area contributed by atoms with Crippen molar-refractivity contribution in [1.82, 2.24) is 9.80 Å². The number of aliphatic hydroxyl groups is 1. The van der Waals surface area contributed by atoms with Gasteiger partial charge in [0.15, 0.2) is 0 Å². The van der Waals surface area contributed by atoms with Crippen molar-refractivity contribution in [2.75, 3.05) is 27.2 Å². The Morgan fingerprint density at radius 1 is 1.47 bits per heavy atom. The fourth-order valence-corrected chi connectivity index (χ4v) is 1.95. The van der Waals surface area contributed by atoms with Crippen molar-refractivity contribution < 1.29 is 9.90 Å². The molecule has 0 bridgehead atoms. The van der Waals surface area contributed by atoms with Crippen LogP contribution in [0.5, 0.6) is 0 Å². The van der Waals surface area contributed by atoms with Crippen LogP contribution in [0, 0.1) is 0 Å². The maximum atomic E-state index is 12.1. The number of hydrogen-bond donors (Lipinski definition) is 1. The minimum atomic E-state index is -0.165. The average molecular weight is 214 g/mol. The summed E-state index contributed by atoms with van der Waals surface area (Å²) in [7, 11) is 3.80. The average Bonchev–Trinajstić information content (AvgIpc) is 2.25. The largest absolute Gasteiger partial charge is 0.396 e. The molecule has 0 aliphatic carbocycles. The third-order valence-corrected chi connectivity index (χ3v) is 3.53. The fraction of sp³-hybridized carbons (Fsp3) is 0.909. The van der Waals surface area contributed by atoms with Crippen LogP contribution in [0.25, 0.3) is 0 Å². The van der Waals surface area contributed by atoms with Crippen molar-refractivity contribution in [3.63, 3.8) is 0 Å². The van der Waals surface area contributed by atoms with Crippen molar-refractivity contribution in [2.24, 2.45) is 0 Å². The number of hydrogen-bond acceptors (Lipinski definition) is 3. The molecule has 1 fully saturated rings. The number of rotatable bonds is 2. The maximum Gasteiger partial charge on any atom is 0.240 e. The van der Waals surface area contributed by atoms with Crippen molar-refractivity contribution in [3.05, 3.63) is 0 Å². The second-order valence-electron chi connectivity index (χ2n) is 4.97. The highest BCUT2D eigenvalue weighted by Gasteiger charge is 2.37. The molecule has 1 aliphatic heterocycles. The second kappa shape index (κ2) is 4.49. The first kappa shape index (κ1) is 12.5. The van der Waals surface area contributed by atoms with E-state index in [4.69, 9.17) is 5.11 Å². The summed E-state index contributed by atoms with van der Waals surface area (Å²) in [6, 6.07) is -0.165. The van der Waals surface area contributed by atoms with E-state index in [2.05, 4.69) is 13.8 Å². The fourth-order valence-electron chi connectivity index (χ4n) is 1.95. The van der Waals surface area contributed by atoms with Crippen LogP contribution in [-0.4, -0.2) is 59.6 Å². The van der Waals surface area contributed by atoms with E-state index in [1.54, 1.807) is 0 Å².